The van der Waals surface area contributed by atoms with Crippen LogP contribution >= 0.6 is 23.2 Å². The molecule has 0 fully saturated rings. The summed E-state index contributed by atoms with van der Waals surface area (Å²) in [6.07, 6.45) is 0. The van der Waals surface area contributed by atoms with Crippen LogP contribution in [0.5, 0.6) is 0 Å². The van der Waals surface area contributed by atoms with Gasteiger partial charge < -0.3 is 0 Å². The van der Waals surface area contributed by atoms with Crippen molar-refractivity contribution in [1.82, 2.24) is 0 Å². The maximum absolute atomic E-state index is 7.23. The van der Waals surface area contributed by atoms with Gasteiger partial charge in [-0.15, -0.1) is 0 Å². The molecule has 0 heterocycles. The van der Waals surface area contributed by atoms with E-state index >= 15 is 0 Å². The van der Waals surface area contributed by atoms with E-state index < -0.39 is 8.07 Å². The van der Waals surface area contributed by atoms with Crippen LogP contribution in [0.2, 0.25) is 6.55 Å². The molecule has 0 aromatic heterocycles. The molecule has 2 unspecified atom stereocenters. The van der Waals surface area contributed by atoms with Crippen molar-refractivity contribution >= 4 is 46.5 Å². The number of rotatable bonds is 5. The maximum atomic E-state index is 7.23. The highest BCUT2D eigenvalue weighted by Gasteiger charge is 2.53. The quantitative estimate of drug-likeness (QED) is 0.288. The monoisotopic (exact) mass is 530 g/mol. The molecule has 2 atom stereocenters. The Morgan fingerprint density at radius 2 is 1.03 bits per heavy atom. The zero-order valence-corrected chi connectivity index (χ0v) is 24.9. The SMILES string of the molecule is CC1=C(Cl)c2c(C(C)C)cccc2C1[Si](C)(c1ccccc1)C1C(C)=C(Cl)c2c(C(C)C)cccc21. The van der Waals surface area contributed by atoms with Gasteiger partial charge in [-0.05, 0) is 70.2 Å². The lowest BCUT2D eigenvalue weighted by atomic mass is 9.95. The highest BCUT2D eigenvalue weighted by atomic mass is 35.5. The average Bonchev–Trinajstić information content (AvgIpc) is 3.29. The van der Waals surface area contributed by atoms with E-state index in [1.165, 1.54) is 49.7 Å². The lowest BCUT2D eigenvalue weighted by Crippen LogP contribution is -2.56. The van der Waals surface area contributed by atoms with Crippen LogP contribution < -0.4 is 5.19 Å². The van der Waals surface area contributed by atoms with Gasteiger partial charge in [-0.3, -0.25) is 0 Å². The van der Waals surface area contributed by atoms with Crippen molar-refractivity contribution < 1.29 is 0 Å². The Bertz CT molecular complexity index is 1310. The second-order valence-corrected chi connectivity index (χ2v) is 16.5. The molecule has 0 amide bonds. The van der Waals surface area contributed by atoms with Gasteiger partial charge in [0.05, 0.1) is 0 Å². The molecule has 36 heavy (non-hydrogen) atoms. The number of hydrogen-bond donors (Lipinski definition) is 0. The minimum Gasteiger partial charge on any atom is -0.0837 e. The van der Waals surface area contributed by atoms with Crippen LogP contribution in [0.4, 0.5) is 0 Å². The Balaban J connectivity index is 1.84. The Morgan fingerprint density at radius 1 is 0.611 bits per heavy atom. The zero-order chi connectivity index (χ0) is 25.9. The first-order chi connectivity index (χ1) is 17.1. The predicted molar refractivity (Wildman–Crippen MR) is 161 cm³/mol. The third kappa shape index (κ3) is 3.62. The van der Waals surface area contributed by atoms with Crippen LogP contribution in [-0.4, -0.2) is 8.07 Å². The third-order valence-electron chi connectivity index (χ3n) is 8.72. The van der Waals surface area contributed by atoms with Crippen LogP contribution in [0.3, 0.4) is 0 Å². The molecule has 0 saturated carbocycles. The summed E-state index contributed by atoms with van der Waals surface area (Å²) in [6.45, 7) is 16.2. The fourth-order valence-electron chi connectivity index (χ4n) is 7.08. The van der Waals surface area contributed by atoms with Gasteiger partial charge in [-0.1, -0.05) is 129 Å². The molecule has 3 aromatic rings. The number of hydrogen-bond acceptors (Lipinski definition) is 0. The van der Waals surface area contributed by atoms with Crippen molar-refractivity contribution in [3.8, 4) is 0 Å². The van der Waals surface area contributed by atoms with Gasteiger partial charge >= 0.3 is 0 Å². The third-order valence-corrected chi connectivity index (χ3v) is 15.2. The smallest absolute Gasteiger partial charge is 0.0837 e. The van der Waals surface area contributed by atoms with E-state index in [1.807, 2.05) is 0 Å². The molecule has 5 rings (SSSR count). The molecule has 0 radical (unpaired) electrons. The normalized spacial score (nSPS) is 20.9. The van der Waals surface area contributed by atoms with E-state index in [0.717, 1.165) is 10.1 Å². The first-order valence-electron chi connectivity index (χ1n) is 13.1. The Labute approximate surface area is 228 Å². The van der Waals surface area contributed by atoms with Crippen LogP contribution in [0.1, 0.15) is 97.8 Å². The summed E-state index contributed by atoms with van der Waals surface area (Å²) in [7, 11) is -2.37. The summed E-state index contributed by atoms with van der Waals surface area (Å²) >= 11 is 14.5. The lowest BCUT2D eigenvalue weighted by molar-refractivity contribution is 0.858. The van der Waals surface area contributed by atoms with E-state index in [-0.39, 0.29) is 11.1 Å². The molecule has 0 N–H and O–H groups in total. The van der Waals surface area contributed by atoms with Gasteiger partial charge in [0.2, 0.25) is 0 Å². The zero-order valence-electron chi connectivity index (χ0n) is 22.4. The van der Waals surface area contributed by atoms with Crippen molar-refractivity contribution in [2.24, 2.45) is 0 Å². The second-order valence-electron chi connectivity index (χ2n) is 11.4. The minimum atomic E-state index is -2.37. The Kier molecular flexibility index (Phi) is 6.64. The molecular formula is C33H36Cl2Si. The molecule has 0 bridgehead atoms. The highest BCUT2D eigenvalue weighted by Crippen LogP contribution is 2.58. The molecule has 3 heteroatoms. The molecular weight excluding hydrogens is 495 g/mol. The first-order valence-corrected chi connectivity index (χ1v) is 16.6. The molecule has 0 nitrogen and oxygen atoms in total. The van der Waals surface area contributed by atoms with Crippen LogP contribution in [-0.2, 0) is 0 Å². The van der Waals surface area contributed by atoms with Crippen LogP contribution in [0, 0.1) is 0 Å². The molecule has 2 aliphatic carbocycles. The first kappa shape index (κ1) is 25.6. The summed E-state index contributed by atoms with van der Waals surface area (Å²) in [5, 5.41) is 3.37. The molecule has 186 valence electrons. The Morgan fingerprint density at radius 3 is 1.42 bits per heavy atom. The summed E-state index contributed by atoms with van der Waals surface area (Å²) in [6, 6.07) is 24.9. The largest absolute Gasteiger partial charge is 0.107 e. The summed E-state index contributed by atoms with van der Waals surface area (Å²) in [5.74, 6) is 0.837. The average molecular weight is 532 g/mol. The molecule has 3 aromatic carbocycles. The van der Waals surface area contributed by atoms with Gasteiger partial charge in [0.1, 0.15) is 8.07 Å². The molecule has 0 spiro atoms. The second kappa shape index (κ2) is 9.35. The van der Waals surface area contributed by atoms with Gasteiger partial charge in [0, 0.05) is 21.1 Å². The van der Waals surface area contributed by atoms with E-state index in [2.05, 4.69) is 115 Å². The fraction of sp³-hybridized carbons (Fsp3) is 0.333. The molecule has 2 aliphatic rings. The number of fused-ring (bicyclic) bond motifs is 2. The topological polar surface area (TPSA) is 0 Å². The number of halogens is 2. The van der Waals surface area contributed by atoms with E-state index in [9.17, 15) is 0 Å². The van der Waals surface area contributed by atoms with Crippen LogP contribution in [0.15, 0.2) is 77.9 Å². The fourth-order valence-corrected chi connectivity index (χ4v) is 13.7. The van der Waals surface area contributed by atoms with Crippen molar-refractivity contribution in [3.05, 3.63) is 111 Å². The van der Waals surface area contributed by atoms with Gasteiger partial charge in [-0.2, -0.15) is 0 Å². The maximum Gasteiger partial charge on any atom is 0.107 e. The molecule has 0 saturated heterocycles. The van der Waals surface area contributed by atoms with Crippen molar-refractivity contribution in [2.75, 3.05) is 0 Å². The summed E-state index contributed by atoms with van der Waals surface area (Å²) < 4.78 is 0. The van der Waals surface area contributed by atoms with Crippen molar-refractivity contribution in [2.45, 2.75) is 71.0 Å². The lowest BCUT2D eigenvalue weighted by Gasteiger charge is -2.42. The van der Waals surface area contributed by atoms with Crippen LogP contribution in [0.25, 0.3) is 10.1 Å². The Hall–Kier alpha value is -2.06. The number of benzene rings is 3. The predicted octanol–water partition coefficient (Wildman–Crippen LogP) is 9.83. The molecule has 0 aliphatic heterocycles. The van der Waals surface area contributed by atoms with Crippen molar-refractivity contribution in [1.29, 1.82) is 0 Å². The van der Waals surface area contributed by atoms with E-state index in [4.69, 9.17) is 23.2 Å². The van der Waals surface area contributed by atoms with Gasteiger partial charge in [-0.25, -0.2) is 0 Å². The number of allylic oxidation sites excluding steroid dienone is 2. The standard InChI is InChI=1S/C33H36Cl2Si/c1-19(2)24-15-11-17-26-28(24)30(34)21(5)32(26)36(7,23-13-9-8-10-14-23)33-22(6)31(35)29-25(20(3)4)16-12-18-27(29)33/h8-20,32-33H,1-7H3. The van der Waals surface area contributed by atoms with Crippen molar-refractivity contribution in [3.63, 3.8) is 0 Å². The minimum absolute atomic E-state index is 0.277. The van der Waals surface area contributed by atoms with E-state index in [0.29, 0.717) is 11.8 Å². The van der Waals surface area contributed by atoms with Gasteiger partial charge in [0.15, 0.2) is 0 Å². The van der Waals surface area contributed by atoms with Gasteiger partial charge in [0.25, 0.3) is 0 Å². The highest BCUT2D eigenvalue weighted by molar-refractivity contribution is 6.94. The summed E-state index contributed by atoms with van der Waals surface area (Å²) in [4.78, 5) is 0. The summed E-state index contributed by atoms with van der Waals surface area (Å²) in [5.41, 5.74) is 11.2. The van der Waals surface area contributed by atoms with E-state index in [1.54, 1.807) is 0 Å².